The molecule has 0 amide bonds. The van der Waals surface area contributed by atoms with Crippen LogP contribution in [0.25, 0.3) is 0 Å². The third-order valence-corrected chi connectivity index (χ3v) is 3.69. The zero-order valence-electron chi connectivity index (χ0n) is 6.94. The molecule has 0 saturated heterocycles. The highest BCUT2D eigenvalue weighted by Crippen LogP contribution is 2.36. The lowest BCUT2D eigenvalue weighted by Gasteiger charge is -2.15. The molecule has 0 aromatic rings. The molecule has 0 nitrogen and oxygen atoms in total. The first-order valence-electron chi connectivity index (χ1n) is 4.38. The zero-order valence-corrected chi connectivity index (χ0v) is 8.52. The fourth-order valence-electron chi connectivity index (χ4n) is 1.81. The monoisotopic (exact) mass is 204 g/mol. The minimum atomic E-state index is 0.825. The zero-order chi connectivity index (χ0) is 7.56. The molecule has 3 atom stereocenters. The van der Waals surface area contributed by atoms with Crippen LogP contribution in [0.3, 0.4) is 0 Å². The van der Waals surface area contributed by atoms with E-state index >= 15 is 0 Å². The van der Waals surface area contributed by atoms with E-state index in [9.17, 15) is 0 Å². The Balaban J connectivity index is 2.29. The van der Waals surface area contributed by atoms with Crippen LogP contribution in [-0.2, 0) is 0 Å². The molecule has 0 heterocycles. The number of hydrogen-bond acceptors (Lipinski definition) is 0. The van der Waals surface area contributed by atoms with Gasteiger partial charge in [0.25, 0.3) is 0 Å². The van der Waals surface area contributed by atoms with Crippen molar-refractivity contribution < 1.29 is 0 Å². The topological polar surface area (TPSA) is 0 Å². The van der Waals surface area contributed by atoms with Crippen molar-refractivity contribution in [2.24, 2.45) is 11.8 Å². The summed E-state index contributed by atoms with van der Waals surface area (Å²) in [5.41, 5.74) is 0. The van der Waals surface area contributed by atoms with Crippen LogP contribution >= 0.6 is 15.9 Å². The Kier molecular flexibility index (Phi) is 3.22. The number of halogens is 1. The van der Waals surface area contributed by atoms with Crippen LogP contribution in [0.2, 0.25) is 0 Å². The van der Waals surface area contributed by atoms with Gasteiger partial charge in [-0.2, -0.15) is 0 Å². The van der Waals surface area contributed by atoms with Gasteiger partial charge in [0.05, 0.1) is 0 Å². The fourth-order valence-corrected chi connectivity index (χ4v) is 2.55. The van der Waals surface area contributed by atoms with Crippen LogP contribution in [0.15, 0.2) is 0 Å². The Bertz CT molecular complexity index is 101. The summed E-state index contributed by atoms with van der Waals surface area (Å²) in [6, 6.07) is 0. The van der Waals surface area contributed by atoms with Gasteiger partial charge in [0.2, 0.25) is 0 Å². The molecule has 10 heavy (non-hydrogen) atoms. The molecule has 0 aliphatic heterocycles. The Labute approximate surface area is 72.5 Å². The van der Waals surface area contributed by atoms with Crippen LogP contribution in [0, 0.1) is 11.8 Å². The molecule has 60 valence electrons. The van der Waals surface area contributed by atoms with Crippen LogP contribution in [0.4, 0.5) is 0 Å². The molecule has 0 aromatic carbocycles. The Hall–Kier alpha value is 0.480. The van der Waals surface area contributed by atoms with Crippen LogP contribution in [-0.4, -0.2) is 4.83 Å². The third-order valence-electron chi connectivity index (χ3n) is 2.86. The molecule has 0 radical (unpaired) electrons. The standard InChI is InChI=1S/C9H17Br/c1-3-7(2)8-4-5-9(10)6-8/h7-9H,3-6H2,1-2H3. The third kappa shape index (κ3) is 1.98. The first-order valence-corrected chi connectivity index (χ1v) is 5.29. The van der Waals surface area contributed by atoms with Gasteiger partial charge in [-0.1, -0.05) is 36.2 Å². The van der Waals surface area contributed by atoms with Crippen LogP contribution in [0.1, 0.15) is 39.5 Å². The maximum Gasteiger partial charge on any atom is 0.0148 e. The predicted octanol–water partition coefficient (Wildman–Crippen LogP) is 3.60. The van der Waals surface area contributed by atoms with Gasteiger partial charge in [-0.15, -0.1) is 0 Å². The van der Waals surface area contributed by atoms with E-state index in [1.807, 2.05) is 0 Å². The Morgan fingerprint density at radius 3 is 2.60 bits per heavy atom. The molecule has 0 bridgehead atoms. The first kappa shape index (κ1) is 8.58. The van der Waals surface area contributed by atoms with Gasteiger partial charge in [-0.05, 0) is 31.1 Å². The average Bonchev–Trinajstić information content (AvgIpc) is 2.34. The molecule has 1 heteroatoms. The van der Waals surface area contributed by atoms with E-state index in [-0.39, 0.29) is 0 Å². The van der Waals surface area contributed by atoms with Crippen molar-refractivity contribution in [2.75, 3.05) is 0 Å². The molecule has 0 aromatic heterocycles. The second-order valence-electron chi connectivity index (χ2n) is 3.56. The summed E-state index contributed by atoms with van der Waals surface area (Å²) in [6.45, 7) is 4.68. The summed E-state index contributed by atoms with van der Waals surface area (Å²) >= 11 is 3.68. The van der Waals surface area contributed by atoms with Gasteiger partial charge in [0, 0.05) is 4.83 Å². The summed E-state index contributed by atoms with van der Waals surface area (Å²) < 4.78 is 0. The quantitative estimate of drug-likeness (QED) is 0.604. The van der Waals surface area contributed by atoms with Gasteiger partial charge >= 0.3 is 0 Å². The Morgan fingerprint density at radius 1 is 1.50 bits per heavy atom. The van der Waals surface area contributed by atoms with Crippen molar-refractivity contribution in [1.82, 2.24) is 0 Å². The molecular formula is C9H17Br. The van der Waals surface area contributed by atoms with E-state index in [0.29, 0.717) is 0 Å². The number of hydrogen-bond donors (Lipinski definition) is 0. The normalized spacial score (nSPS) is 36.3. The van der Waals surface area contributed by atoms with Crippen molar-refractivity contribution in [1.29, 1.82) is 0 Å². The summed E-state index contributed by atoms with van der Waals surface area (Å²) in [4.78, 5) is 0.825. The smallest absolute Gasteiger partial charge is 0.0148 e. The van der Waals surface area contributed by atoms with Crippen molar-refractivity contribution in [3.63, 3.8) is 0 Å². The molecule has 1 rings (SSSR count). The van der Waals surface area contributed by atoms with E-state index in [1.54, 1.807) is 0 Å². The molecule has 1 fully saturated rings. The summed E-state index contributed by atoms with van der Waals surface area (Å²) in [5.74, 6) is 1.96. The number of alkyl halides is 1. The SMILES string of the molecule is CCC(C)C1CCC(Br)C1. The van der Waals surface area contributed by atoms with Crippen molar-refractivity contribution in [3.05, 3.63) is 0 Å². The molecule has 0 spiro atoms. The summed E-state index contributed by atoms with van der Waals surface area (Å²) in [7, 11) is 0. The van der Waals surface area contributed by atoms with Gasteiger partial charge in [0.15, 0.2) is 0 Å². The second-order valence-corrected chi connectivity index (χ2v) is 4.85. The molecule has 1 aliphatic rings. The van der Waals surface area contributed by atoms with Crippen LogP contribution in [0.5, 0.6) is 0 Å². The highest BCUT2D eigenvalue weighted by molar-refractivity contribution is 9.09. The predicted molar refractivity (Wildman–Crippen MR) is 49.5 cm³/mol. The number of rotatable bonds is 2. The fraction of sp³-hybridized carbons (Fsp3) is 1.00. The van der Waals surface area contributed by atoms with E-state index in [2.05, 4.69) is 29.8 Å². The van der Waals surface area contributed by atoms with E-state index in [1.165, 1.54) is 25.7 Å². The highest BCUT2D eigenvalue weighted by Gasteiger charge is 2.25. The van der Waals surface area contributed by atoms with Crippen LogP contribution < -0.4 is 0 Å². The van der Waals surface area contributed by atoms with E-state index < -0.39 is 0 Å². The van der Waals surface area contributed by atoms with Gasteiger partial charge in [-0.25, -0.2) is 0 Å². The molecular weight excluding hydrogens is 188 g/mol. The Morgan fingerprint density at radius 2 is 2.20 bits per heavy atom. The van der Waals surface area contributed by atoms with Gasteiger partial charge < -0.3 is 0 Å². The minimum absolute atomic E-state index is 0.825. The molecule has 1 saturated carbocycles. The maximum atomic E-state index is 3.68. The van der Waals surface area contributed by atoms with Crippen molar-refractivity contribution in [2.45, 2.75) is 44.4 Å². The van der Waals surface area contributed by atoms with Crippen molar-refractivity contribution in [3.8, 4) is 0 Å². The molecule has 3 unspecified atom stereocenters. The van der Waals surface area contributed by atoms with E-state index in [4.69, 9.17) is 0 Å². The summed E-state index contributed by atoms with van der Waals surface area (Å²) in [6.07, 6.45) is 5.61. The molecule has 1 aliphatic carbocycles. The second kappa shape index (κ2) is 3.75. The lowest BCUT2D eigenvalue weighted by Crippen LogP contribution is -2.06. The molecule has 0 N–H and O–H groups in total. The van der Waals surface area contributed by atoms with Gasteiger partial charge in [-0.3, -0.25) is 0 Å². The largest absolute Gasteiger partial charge is 0.0891 e. The first-order chi connectivity index (χ1) is 4.74. The van der Waals surface area contributed by atoms with Crippen molar-refractivity contribution >= 4 is 15.9 Å². The summed E-state index contributed by atoms with van der Waals surface area (Å²) in [5, 5.41) is 0. The van der Waals surface area contributed by atoms with Gasteiger partial charge in [0.1, 0.15) is 0 Å². The lowest BCUT2D eigenvalue weighted by molar-refractivity contribution is 0.358. The minimum Gasteiger partial charge on any atom is -0.0891 e. The lowest BCUT2D eigenvalue weighted by atomic mass is 9.91. The highest BCUT2D eigenvalue weighted by atomic mass is 79.9. The van der Waals surface area contributed by atoms with E-state index in [0.717, 1.165) is 16.7 Å². The maximum absolute atomic E-state index is 3.68. The average molecular weight is 205 g/mol.